The van der Waals surface area contributed by atoms with E-state index in [9.17, 15) is 0 Å². The molecule has 0 saturated carbocycles. The van der Waals surface area contributed by atoms with Crippen LogP contribution in [0, 0.1) is 12.0 Å². The van der Waals surface area contributed by atoms with Gasteiger partial charge < -0.3 is 24.8 Å². The summed E-state index contributed by atoms with van der Waals surface area (Å²) in [5.41, 5.74) is 7.31. The molecule has 1 aliphatic rings. The van der Waals surface area contributed by atoms with E-state index in [0.717, 1.165) is 0 Å². The Morgan fingerprint density at radius 3 is 1.56 bits per heavy atom. The van der Waals surface area contributed by atoms with Crippen LogP contribution in [0.25, 0.3) is 21.5 Å². The van der Waals surface area contributed by atoms with Gasteiger partial charge in [-0.2, -0.15) is 6.08 Å². The van der Waals surface area contributed by atoms with Gasteiger partial charge in [0.15, 0.2) is 0 Å². The van der Waals surface area contributed by atoms with Crippen molar-refractivity contribution in [2.75, 3.05) is 0 Å². The Morgan fingerprint density at radius 1 is 0.780 bits per heavy atom. The predicted molar refractivity (Wildman–Crippen MR) is 171 cm³/mol. The van der Waals surface area contributed by atoms with Gasteiger partial charge in [-0.25, -0.2) is 11.1 Å². The van der Waals surface area contributed by atoms with Gasteiger partial charge in [0.05, 0.1) is 0 Å². The third-order valence-electron chi connectivity index (χ3n) is 7.45. The Kier molecular flexibility index (Phi) is 14.3. The molecule has 5 rings (SSSR count). The van der Waals surface area contributed by atoms with E-state index in [2.05, 4.69) is 154 Å². The summed E-state index contributed by atoms with van der Waals surface area (Å²) in [7, 11) is 0. The number of allylic oxidation sites excluding steroid dienone is 4. The van der Waals surface area contributed by atoms with Crippen molar-refractivity contribution in [3.8, 4) is 0 Å². The van der Waals surface area contributed by atoms with Crippen LogP contribution in [-0.2, 0) is 35.1 Å². The van der Waals surface area contributed by atoms with Crippen LogP contribution in [0.4, 0.5) is 0 Å². The average molecular weight is 665 g/mol. The first-order valence-electron chi connectivity index (χ1n) is 14.3. The third-order valence-corrected chi connectivity index (χ3v) is 9.03. The van der Waals surface area contributed by atoms with E-state index in [1.807, 2.05) is 0 Å². The van der Waals surface area contributed by atoms with Gasteiger partial charge in [0.25, 0.3) is 0 Å². The molecule has 41 heavy (non-hydrogen) atoms. The minimum absolute atomic E-state index is 0. The minimum atomic E-state index is 0. The number of fused-ring (bicyclic) bond motifs is 3. The van der Waals surface area contributed by atoms with Crippen molar-refractivity contribution in [3.63, 3.8) is 0 Å². The van der Waals surface area contributed by atoms with Gasteiger partial charge in [-0.1, -0.05) is 96.7 Å². The van der Waals surface area contributed by atoms with E-state index in [0.29, 0.717) is 5.92 Å². The van der Waals surface area contributed by atoms with Gasteiger partial charge in [0.2, 0.25) is 0 Å². The molecule has 0 spiro atoms. The van der Waals surface area contributed by atoms with E-state index >= 15 is 0 Å². The maximum atomic E-state index is 3.29. The number of rotatable bonds is 2. The summed E-state index contributed by atoms with van der Waals surface area (Å²) < 4.78 is 1.55. The third kappa shape index (κ3) is 10.2. The molecule has 0 heterocycles. The molecule has 4 aromatic carbocycles. The van der Waals surface area contributed by atoms with Gasteiger partial charge in [0, 0.05) is 0 Å². The Balaban J connectivity index is 0.000000352. The molecule has 0 bridgehead atoms. The zero-order valence-electron chi connectivity index (χ0n) is 26.5. The Bertz CT molecular complexity index is 1400. The van der Waals surface area contributed by atoms with Crippen molar-refractivity contribution < 1.29 is 49.0 Å². The Hall–Kier alpha value is -1.66. The maximum absolute atomic E-state index is 3.29. The molecule has 0 aliphatic heterocycles. The van der Waals surface area contributed by atoms with Gasteiger partial charge in [-0.15, -0.1) is 46.7 Å². The number of hydrogen-bond donors (Lipinski definition) is 0. The van der Waals surface area contributed by atoms with Crippen molar-refractivity contribution >= 4 is 24.8 Å². The molecule has 218 valence electrons. The molecule has 0 amide bonds. The standard InChI is InChI=1S/C21H25.C9H10.C8H11.2ClH.Zr/c1-20(2,3)16-9-7-14-11-15-8-10-17(21(4,5)6)13-19(15)18(14)12-16;1-2-6-9-7-4-3-5-8-9;1-6-4-7(2)8(3)5-6;;;/h7-13H,1-6H3;3-5,7-8H,2H2,1H3;4,6H,1-3H3;2*1H;/q-1;;-1;;;+2/p-2. The second-order valence-corrected chi connectivity index (χ2v) is 14.3. The fourth-order valence-electron chi connectivity index (χ4n) is 4.77. The molecule has 0 radical (unpaired) electrons. The fraction of sp³-hybridized carbons (Fsp3) is 0.368. The number of halogens is 2. The Morgan fingerprint density at radius 2 is 1.24 bits per heavy atom. The summed E-state index contributed by atoms with van der Waals surface area (Å²) in [5, 5.41) is 5.49. The second-order valence-electron chi connectivity index (χ2n) is 12.9. The SMILES string of the molecule is CC(C)(C)c1ccc2[cH-]c3ccc(C(C)(C)C)cc3c2c1.CC1=[C-]C(C)C=C1C.CC[C](=[Zr+2])c1ccccc1.[Cl-].[Cl-]. The minimum Gasteiger partial charge on any atom is -1.00 e. The van der Waals surface area contributed by atoms with E-state index in [1.54, 1.807) is 3.21 Å². The monoisotopic (exact) mass is 662 g/mol. The normalized spacial score (nSPS) is 14.5. The number of hydrogen-bond acceptors (Lipinski definition) is 0. The summed E-state index contributed by atoms with van der Waals surface area (Å²) in [6.45, 7) is 22.3. The summed E-state index contributed by atoms with van der Waals surface area (Å²) in [6, 6.07) is 26.7. The molecule has 1 aliphatic carbocycles. The predicted octanol–water partition coefficient (Wildman–Crippen LogP) is 4.81. The first-order chi connectivity index (χ1) is 18.2. The quantitative estimate of drug-likeness (QED) is 0.270. The smallest absolute Gasteiger partial charge is 1.00 e. The van der Waals surface area contributed by atoms with Crippen LogP contribution in [0.5, 0.6) is 0 Å². The first kappa shape index (κ1) is 37.4. The molecular formula is C38H46Cl2Zr-2. The first-order valence-corrected chi connectivity index (χ1v) is 15.5. The second kappa shape index (κ2) is 15.7. The van der Waals surface area contributed by atoms with Crippen LogP contribution in [0.2, 0.25) is 0 Å². The van der Waals surface area contributed by atoms with Crippen molar-refractivity contribution in [3.05, 3.63) is 113 Å². The van der Waals surface area contributed by atoms with Crippen LogP contribution in [0.1, 0.15) is 92.3 Å². The summed E-state index contributed by atoms with van der Waals surface area (Å²) in [5.74, 6) is 0.551. The average Bonchev–Trinajstić information content (AvgIpc) is 3.40. The summed E-state index contributed by atoms with van der Waals surface area (Å²) >= 11 is 1.54. The van der Waals surface area contributed by atoms with Crippen LogP contribution in [0.3, 0.4) is 0 Å². The van der Waals surface area contributed by atoms with Crippen LogP contribution >= 0.6 is 0 Å². The fourth-order valence-corrected chi connectivity index (χ4v) is 5.18. The summed E-state index contributed by atoms with van der Waals surface area (Å²) in [6.07, 6.45) is 6.70. The van der Waals surface area contributed by atoms with Crippen molar-refractivity contribution in [1.29, 1.82) is 0 Å². The molecule has 0 aromatic heterocycles. The Labute approximate surface area is 277 Å². The van der Waals surface area contributed by atoms with E-state index < -0.39 is 0 Å². The van der Waals surface area contributed by atoms with E-state index in [-0.39, 0.29) is 35.6 Å². The molecule has 0 N–H and O–H groups in total. The van der Waals surface area contributed by atoms with Crippen molar-refractivity contribution in [1.82, 2.24) is 0 Å². The molecular weight excluding hydrogens is 619 g/mol. The van der Waals surface area contributed by atoms with Crippen LogP contribution < -0.4 is 24.8 Å². The van der Waals surface area contributed by atoms with Crippen molar-refractivity contribution in [2.24, 2.45) is 5.92 Å². The molecule has 3 heteroatoms. The molecule has 1 unspecified atom stereocenters. The van der Waals surface area contributed by atoms with Gasteiger partial charge in [-0.3, -0.25) is 6.08 Å². The topological polar surface area (TPSA) is 0 Å². The van der Waals surface area contributed by atoms with Crippen molar-refractivity contribution in [2.45, 2.75) is 86.5 Å². The molecule has 0 saturated heterocycles. The largest absolute Gasteiger partial charge is 1.00 e. The summed E-state index contributed by atoms with van der Waals surface area (Å²) in [4.78, 5) is 0. The van der Waals surface area contributed by atoms with E-state index in [1.165, 1.54) is 80.0 Å². The zero-order valence-corrected chi connectivity index (χ0v) is 30.5. The number of benzene rings is 3. The van der Waals surface area contributed by atoms with Gasteiger partial charge in [-0.05, 0) is 10.8 Å². The molecule has 1 atom stereocenters. The van der Waals surface area contributed by atoms with Crippen LogP contribution in [0.15, 0.2) is 90.0 Å². The van der Waals surface area contributed by atoms with Gasteiger partial charge in [0.1, 0.15) is 0 Å². The molecule has 4 aromatic rings. The molecule has 0 fully saturated rings. The van der Waals surface area contributed by atoms with E-state index in [4.69, 9.17) is 0 Å². The van der Waals surface area contributed by atoms with Gasteiger partial charge >= 0.3 is 76.7 Å². The zero-order chi connectivity index (χ0) is 29.0. The maximum Gasteiger partial charge on any atom is -1.00 e. The van der Waals surface area contributed by atoms with Crippen LogP contribution in [-0.4, -0.2) is 3.21 Å². The molecule has 0 nitrogen and oxygen atoms in total.